The summed E-state index contributed by atoms with van der Waals surface area (Å²) in [5.41, 5.74) is 7.81. The molecular formula is C14H18N2O. The van der Waals surface area contributed by atoms with Crippen molar-refractivity contribution in [2.45, 2.75) is 37.2 Å². The van der Waals surface area contributed by atoms with Gasteiger partial charge in [0.2, 0.25) is 0 Å². The van der Waals surface area contributed by atoms with E-state index >= 15 is 0 Å². The summed E-state index contributed by atoms with van der Waals surface area (Å²) in [4.78, 5) is 0. The molecule has 0 bridgehead atoms. The van der Waals surface area contributed by atoms with Crippen LogP contribution in [-0.4, -0.2) is 17.8 Å². The minimum atomic E-state index is -0.173. The van der Waals surface area contributed by atoms with Gasteiger partial charge < -0.3 is 10.8 Å². The van der Waals surface area contributed by atoms with Crippen molar-refractivity contribution >= 4 is 0 Å². The van der Waals surface area contributed by atoms with Crippen LogP contribution in [-0.2, 0) is 5.41 Å². The summed E-state index contributed by atoms with van der Waals surface area (Å²) in [5, 5.41) is 18.4. The Morgan fingerprint density at radius 2 is 1.88 bits per heavy atom. The molecule has 3 N–H and O–H groups in total. The van der Waals surface area contributed by atoms with Gasteiger partial charge in [0.1, 0.15) is 0 Å². The first kappa shape index (κ1) is 12.1. The van der Waals surface area contributed by atoms with Crippen LogP contribution in [0.1, 0.15) is 36.8 Å². The quantitative estimate of drug-likeness (QED) is 0.812. The number of nitriles is 1. The van der Waals surface area contributed by atoms with Crippen molar-refractivity contribution in [2.24, 2.45) is 5.73 Å². The Labute approximate surface area is 102 Å². The summed E-state index contributed by atoms with van der Waals surface area (Å²) < 4.78 is 0. The average molecular weight is 230 g/mol. The lowest BCUT2D eigenvalue weighted by molar-refractivity contribution is 0.0974. The lowest BCUT2D eigenvalue weighted by Gasteiger charge is -2.38. The molecule has 1 aliphatic rings. The highest BCUT2D eigenvalue weighted by molar-refractivity contribution is 5.35. The van der Waals surface area contributed by atoms with Crippen molar-refractivity contribution in [3.05, 3.63) is 35.4 Å². The zero-order valence-corrected chi connectivity index (χ0v) is 9.89. The number of aliphatic hydroxyl groups is 1. The van der Waals surface area contributed by atoms with Gasteiger partial charge in [0.15, 0.2) is 0 Å². The van der Waals surface area contributed by atoms with Crippen LogP contribution >= 0.6 is 0 Å². The molecule has 1 fully saturated rings. The molecule has 1 aromatic rings. The van der Waals surface area contributed by atoms with E-state index in [9.17, 15) is 5.11 Å². The SMILES string of the molecule is N#Cc1ccc(C2(CN)CCC(O)CC2)cc1. The van der Waals surface area contributed by atoms with Gasteiger partial charge in [-0.05, 0) is 43.4 Å². The third-order valence-corrected chi connectivity index (χ3v) is 3.93. The van der Waals surface area contributed by atoms with E-state index in [0.717, 1.165) is 25.7 Å². The summed E-state index contributed by atoms with van der Waals surface area (Å²) in [6.45, 7) is 0.603. The molecule has 0 amide bonds. The van der Waals surface area contributed by atoms with Crippen LogP contribution in [0.3, 0.4) is 0 Å². The molecule has 1 aliphatic carbocycles. The van der Waals surface area contributed by atoms with Crippen LogP contribution in [0, 0.1) is 11.3 Å². The molecule has 17 heavy (non-hydrogen) atoms. The van der Waals surface area contributed by atoms with E-state index in [1.807, 2.05) is 24.3 Å². The maximum Gasteiger partial charge on any atom is 0.0991 e. The summed E-state index contributed by atoms with van der Waals surface area (Å²) in [6.07, 6.45) is 3.31. The van der Waals surface area contributed by atoms with Gasteiger partial charge in [-0.25, -0.2) is 0 Å². The van der Waals surface area contributed by atoms with Crippen molar-refractivity contribution in [2.75, 3.05) is 6.54 Å². The fourth-order valence-corrected chi connectivity index (χ4v) is 2.66. The summed E-state index contributed by atoms with van der Waals surface area (Å²) in [6, 6.07) is 9.82. The molecule has 3 nitrogen and oxygen atoms in total. The van der Waals surface area contributed by atoms with Gasteiger partial charge in [-0.1, -0.05) is 12.1 Å². The van der Waals surface area contributed by atoms with Gasteiger partial charge in [-0.15, -0.1) is 0 Å². The van der Waals surface area contributed by atoms with Gasteiger partial charge in [0.05, 0.1) is 17.7 Å². The lowest BCUT2D eigenvalue weighted by Crippen LogP contribution is -2.40. The monoisotopic (exact) mass is 230 g/mol. The van der Waals surface area contributed by atoms with E-state index < -0.39 is 0 Å². The standard InChI is InChI=1S/C14H18N2O/c15-9-11-1-3-12(4-2-11)14(10-16)7-5-13(17)6-8-14/h1-4,13,17H,5-8,10,16H2. The third-order valence-electron chi connectivity index (χ3n) is 3.93. The van der Waals surface area contributed by atoms with Crippen molar-refractivity contribution in [1.29, 1.82) is 5.26 Å². The second kappa shape index (κ2) is 4.87. The zero-order chi connectivity index (χ0) is 12.3. The molecule has 2 rings (SSSR count). The van der Waals surface area contributed by atoms with Gasteiger partial charge >= 0.3 is 0 Å². The summed E-state index contributed by atoms with van der Waals surface area (Å²) in [7, 11) is 0. The molecule has 0 atom stereocenters. The molecule has 90 valence electrons. The Bertz CT molecular complexity index is 411. The number of nitrogens with zero attached hydrogens (tertiary/aromatic N) is 1. The Morgan fingerprint density at radius 1 is 1.29 bits per heavy atom. The van der Waals surface area contributed by atoms with Gasteiger partial charge in [0, 0.05) is 12.0 Å². The van der Waals surface area contributed by atoms with Crippen LogP contribution in [0.5, 0.6) is 0 Å². The summed E-state index contributed by atoms with van der Waals surface area (Å²) >= 11 is 0. The number of aliphatic hydroxyl groups excluding tert-OH is 1. The molecule has 0 unspecified atom stereocenters. The Balaban J connectivity index is 2.25. The van der Waals surface area contributed by atoms with Gasteiger partial charge in [-0.2, -0.15) is 5.26 Å². The Kier molecular flexibility index (Phi) is 3.46. The fourth-order valence-electron chi connectivity index (χ4n) is 2.66. The van der Waals surface area contributed by atoms with E-state index in [1.54, 1.807) is 0 Å². The normalized spacial score (nSPS) is 28.6. The first-order valence-corrected chi connectivity index (χ1v) is 6.09. The number of benzene rings is 1. The molecule has 0 aliphatic heterocycles. The van der Waals surface area contributed by atoms with E-state index in [1.165, 1.54) is 5.56 Å². The maximum atomic E-state index is 9.58. The summed E-state index contributed by atoms with van der Waals surface area (Å²) in [5.74, 6) is 0. The molecule has 1 saturated carbocycles. The average Bonchev–Trinajstić information content (AvgIpc) is 2.40. The number of rotatable bonds is 2. The first-order valence-electron chi connectivity index (χ1n) is 6.09. The maximum absolute atomic E-state index is 9.58. The topological polar surface area (TPSA) is 70.0 Å². The molecule has 0 saturated heterocycles. The molecule has 0 radical (unpaired) electrons. The van der Waals surface area contributed by atoms with Crippen molar-refractivity contribution in [1.82, 2.24) is 0 Å². The van der Waals surface area contributed by atoms with Crippen LogP contribution in [0.2, 0.25) is 0 Å². The second-order valence-electron chi connectivity index (χ2n) is 4.90. The van der Waals surface area contributed by atoms with Crippen LogP contribution < -0.4 is 5.73 Å². The number of hydrogen-bond donors (Lipinski definition) is 2. The molecule has 3 heteroatoms. The van der Waals surface area contributed by atoms with Gasteiger partial charge in [0.25, 0.3) is 0 Å². The number of hydrogen-bond acceptors (Lipinski definition) is 3. The Hall–Kier alpha value is -1.37. The molecule has 1 aromatic carbocycles. The second-order valence-corrected chi connectivity index (χ2v) is 4.90. The Morgan fingerprint density at radius 3 is 2.35 bits per heavy atom. The third kappa shape index (κ3) is 2.33. The predicted octanol–water partition coefficient (Wildman–Crippen LogP) is 1.69. The first-order chi connectivity index (χ1) is 8.20. The zero-order valence-electron chi connectivity index (χ0n) is 9.89. The van der Waals surface area contributed by atoms with E-state index in [2.05, 4.69) is 6.07 Å². The predicted molar refractivity (Wildman–Crippen MR) is 66.4 cm³/mol. The molecule has 0 spiro atoms. The van der Waals surface area contributed by atoms with E-state index in [0.29, 0.717) is 12.1 Å². The highest BCUT2D eigenvalue weighted by Crippen LogP contribution is 2.38. The van der Waals surface area contributed by atoms with Crippen molar-refractivity contribution in [3.63, 3.8) is 0 Å². The highest BCUT2D eigenvalue weighted by atomic mass is 16.3. The minimum absolute atomic E-state index is 0.00673. The van der Waals surface area contributed by atoms with Crippen molar-refractivity contribution in [3.8, 4) is 6.07 Å². The molecule has 0 heterocycles. The molecular weight excluding hydrogens is 212 g/mol. The lowest BCUT2D eigenvalue weighted by atomic mass is 9.68. The fraction of sp³-hybridized carbons (Fsp3) is 0.500. The van der Waals surface area contributed by atoms with Gasteiger partial charge in [-0.3, -0.25) is 0 Å². The van der Waals surface area contributed by atoms with Crippen LogP contribution in [0.25, 0.3) is 0 Å². The van der Waals surface area contributed by atoms with Crippen LogP contribution in [0.4, 0.5) is 0 Å². The largest absolute Gasteiger partial charge is 0.393 e. The van der Waals surface area contributed by atoms with Crippen molar-refractivity contribution < 1.29 is 5.11 Å². The smallest absolute Gasteiger partial charge is 0.0991 e. The molecule has 0 aromatic heterocycles. The van der Waals surface area contributed by atoms with E-state index in [4.69, 9.17) is 11.0 Å². The number of nitrogens with two attached hydrogens (primary N) is 1. The highest BCUT2D eigenvalue weighted by Gasteiger charge is 2.35. The van der Waals surface area contributed by atoms with Crippen LogP contribution in [0.15, 0.2) is 24.3 Å². The van der Waals surface area contributed by atoms with E-state index in [-0.39, 0.29) is 11.5 Å². The minimum Gasteiger partial charge on any atom is -0.393 e.